The Bertz CT molecular complexity index is 345. The number of anilines is 1. The Hall–Kier alpha value is -1.58. The van der Waals surface area contributed by atoms with E-state index in [4.69, 9.17) is 5.73 Å². The van der Waals surface area contributed by atoms with Crippen molar-refractivity contribution in [3.05, 3.63) is 29.9 Å². The summed E-state index contributed by atoms with van der Waals surface area (Å²) in [5.41, 5.74) is 6.33. The molecule has 0 aliphatic heterocycles. The lowest BCUT2D eigenvalue weighted by Gasteiger charge is -2.17. The number of aliphatic hydroxyl groups excluding tert-OH is 1. The van der Waals surface area contributed by atoms with Crippen LogP contribution in [0.25, 0.3) is 0 Å². The van der Waals surface area contributed by atoms with Gasteiger partial charge in [-0.2, -0.15) is 0 Å². The highest BCUT2D eigenvalue weighted by Gasteiger charge is 2.16. The molecule has 0 spiro atoms. The van der Waals surface area contributed by atoms with Crippen molar-refractivity contribution in [2.45, 2.75) is 25.2 Å². The van der Waals surface area contributed by atoms with Gasteiger partial charge in [0.15, 0.2) is 0 Å². The van der Waals surface area contributed by atoms with E-state index in [0.717, 1.165) is 25.0 Å². The Labute approximate surface area is 82.5 Å². The highest BCUT2D eigenvalue weighted by Crippen LogP contribution is 2.28. The van der Waals surface area contributed by atoms with Crippen molar-refractivity contribution in [1.82, 2.24) is 9.97 Å². The summed E-state index contributed by atoms with van der Waals surface area (Å²) in [5.74, 6) is 1.08. The van der Waals surface area contributed by atoms with Gasteiger partial charge in [-0.3, -0.25) is 4.98 Å². The van der Waals surface area contributed by atoms with Gasteiger partial charge in [0.2, 0.25) is 0 Å². The summed E-state index contributed by atoms with van der Waals surface area (Å²) in [6, 6.07) is 0. The molecule has 3 N–H and O–H groups in total. The van der Waals surface area contributed by atoms with E-state index >= 15 is 0 Å². The quantitative estimate of drug-likeness (QED) is 0.709. The predicted molar refractivity (Wildman–Crippen MR) is 53.7 cm³/mol. The van der Waals surface area contributed by atoms with Crippen LogP contribution in [0.1, 0.15) is 30.9 Å². The van der Waals surface area contributed by atoms with E-state index in [1.54, 1.807) is 12.4 Å². The van der Waals surface area contributed by atoms with E-state index in [-0.39, 0.29) is 5.92 Å². The van der Waals surface area contributed by atoms with Crippen LogP contribution in [0.5, 0.6) is 0 Å². The Morgan fingerprint density at radius 3 is 2.86 bits per heavy atom. The highest BCUT2D eigenvalue weighted by molar-refractivity contribution is 5.25. The molecule has 0 amide bonds. The van der Waals surface area contributed by atoms with Crippen molar-refractivity contribution in [3.8, 4) is 0 Å². The molecule has 0 saturated carbocycles. The second-order valence-electron chi connectivity index (χ2n) is 3.52. The van der Waals surface area contributed by atoms with Crippen LogP contribution >= 0.6 is 0 Å². The largest absolute Gasteiger partial charge is 0.513 e. The average molecular weight is 191 g/mol. The molecule has 2 rings (SSSR count). The first-order valence-electron chi connectivity index (χ1n) is 4.73. The normalized spacial score (nSPS) is 21.7. The van der Waals surface area contributed by atoms with Crippen molar-refractivity contribution in [2.24, 2.45) is 0 Å². The SMILES string of the molecule is Nc1cnc(C2C=C(O)CCC2)cn1. The highest BCUT2D eigenvalue weighted by atomic mass is 16.3. The Morgan fingerprint density at radius 2 is 2.21 bits per heavy atom. The third kappa shape index (κ3) is 1.84. The molecule has 1 atom stereocenters. The Balaban J connectivity index is 2.22. The zero-order chi connectivity index (χ0) is 9.97. The third-order valence-electron chi connectivity index (χ3n) is 2.41. The second kappa shape index (κ2) is 3.65. The summed E-state index contributed by atoms with van der Waals surface area (Å²) >= 11 is 0. The van der Waals surface area contributed by atoms with Crippen molar-refractivity contribution in [1.29, 1.82) is 0 Å². The number of hydrogen-bond acceptors (Lipinski definition) is 4. The van der Waals surface area contributed by atoms with Crippen molar-refractivity contribution >= 4 is 5.82 Å². The van der Waals surface area contributed by atoms with Crippen LogP contribution in [0, 0.1) is 0 Å². The summed E-state index contributed by atoms with van der Waals surface area (Å²) < 4.78 is 0. The van der Waals surface area contributed by atoms with E-state index in [0.29, 0.717) is 11.6 Å². The lowest BCUT2D eigenvalue weighted by Crippen LogP contribution is -2.06. The minimum Gasteiger partial charge on any atom is -0.513 e. The van der Waals surface area contributed by atoms with Crippen LogP contribution in [0.2, 0.25) is 0 Å². The van der Waals surface area contributed by atoms with Crippen molar-refractivity contribution in [2.75, 3.05) is 5.73 Å². The predicted octanol–water partition coefficient (Wildman–Crippen LogP) is 1.77. The van der Waals surface area contributed by atoms with E-state index in [2.05, 4.69) is 9.97 Å². The van der Waals surface area contributed by atoms with Gasteiger partial charge in [-0.25, -0.2) is 4.98 Å². The van der Waals surface area contributed by atoms with Gasteiger partial charge in [0, 0.05) is 12.3 Å². The standard InChI is InChI=1S/C10H13N3O/c11-10-6-12-9(5-13-10)7-2-1-3-8(14)4-7/h4-7,14H,1-3H2,(H2,11,13). The molecule has 0 aromatic carbocycles. The topological polar surface area (TPSA) is 72.0 Å². The zero-order valence-corrected chi connectivity index (χ0v) is 7.85. The monoisotopic (exact) mass is 191 g/mol. The number of hydrogen-bond donors (Lipinski definition) is 2. The lowest BCUT2D eigenvalue weighted by atomic mass is 9.92. The number of rotatable bonds is 1. The van der Waals surface area contributed by atoms with Gasteiger partial charge in [-0.1, -0.05) is 0 Å². The van der Waals surface area contributed by atoms with Crippen LogP contribution in [0.4, 0.5) is 5.82 Å². The lowest BCUT2D eigenvalue weighted by molar-refractivity contribution is 0.361. The summed E-state index contributed by atoms with van der Waals surface area (Å²) in [4.78, 5) is 8.18. The van der Waals surface area contributed by atoms with E-state index in [1.165, 1.54) is 0 Å². The molecule has 1 heterocycles. The Morgan fingerprint density at radius 1 is 1.36 bits per heavy atom. The third-order valence-corrected chi connectivity index (χ3v) is 2.41. The van der Waals surface area contributed by atoms with Gasteiger partial charge in [0.1, 0.15) is 5.82 Å². The van der Waals surface area contributed by atoms with Crippen LogP contribution in [0.3, 0.4) is 0 Å². The number of nitrogen functional groups attached to an aromatic ring is 1. The first-order valence-corrected chi connectivity index (χ1v) is 4.73. The number of aromatic nitrogens is 2. The fourth-order valence-corrected chi connectivity index (χ4v) is 1.67. The molecule has 0 saturated heterocycles. The molecule has 14 heavy (non-hydrogen) atoms. The van der Waals surface area contributed by atoms with E-state index in [1.807, 2.05) is 6.08 Å². The summed E-state index contributed by atoms with van der Waals surface area (Å²) in [6.07, 6.45) is 7.87. The molecule has 0 fully saturated rings. The summed E-state index contributed by atoms with van der Waals surface area (Å²) in [5, 5.41) is 9.38. The van der Waals surface area contributed by atoms with Gasteiger partial charge in [-0.05, 0) is 18.9 Å². The van der Waals surface area contributed by atoms with Gasteiger partial charge < -0.3 is 10.8 Å². The van der Waals surface area contributed by atoms with E-state index < -0.39 is 0 Å². The molecule has 1 aliphatic rings. The molecule has 1 aromatic rings. The van der Waals surface area contributed by atoms with Gasteiger partial charge in [0.05, 0.1) is 23.8 Å². The smallest absolute Gasteiger partial charge is 0.141 e. The average Bonchev–Trinajstić information content (AvgIpc) is 2.19. The van der Waals surface area contributed by atoms with Crippen LogP contribution < -0.4 is 5.73 Å². The molecule has 1 aromatic heterocycles. The first-order chi connectivity index (χ1) is 6.75. The van der Waals surface area contributed by atoms with Crippen molar-refractivity contribution < 1.29 is 5.11 Å². The molecule has 1 unspecified atom stereocenters. The van der Waals surface area contributed by atoms with Gasteiger partial charge in [-0.15, -0.1) is 0 Å². The fraction of sp³-hybridized carbons (Fsp3) is 0.400. The molecule has 0 radical (unpaired) electrons. The number of aliphatic hydroxyl groups is 1. The molecule has 0 bridgehead atoms. The zero-order valence-electron chi connectivity index (χ0n) is 7.85. The molecule has 4 heteroatoms. The van der Waals surface area contributed by atoms with Gasteiger partial charge in [0.25, 0.3) is 0 Å². The Kier molecular flexibility index (Phi) is 2.35. The molecule has 4 nitrogen and oxygen atoms in total. The minimum atomic E-state index is 0.192. The summed E-state index contributed by atoms with van der Waals surface area (Å²) in [6.45, 7) is 0. The maximum atomic E-state index is 9.38. The molecule has 1 aliphatic carbocycles. The number of nitrogens with zero attached hydrogens (tertiary/aromatic N) is 2. The number of nitrogens with two attached hydrogens (primary N) is 1. The first kappa shape index (κ1) is 8.99. The molecular formula is C10H13N3O. The van der Waals surface area contributed by atoms with Crippen LogP contribution in [-0.2, 0) is 0 Å². The summed E-state index contributed by atoms with van der Waals surface area (Å²) in [7, 11) is 0. The maximum absolute atomic E-state index is 9.38. The molecule has 74 valence electrons. The van der Waals surface area contributed by atoms with Crippen LogP contribution in [0.15, 0.2) is 24.2 Å². The van der Waals surface area contributed by atoms with Crippen LogP contribution in [-0.4, -0.2) is 15.1 Å². The fourth-order valence-electron chi connectivity index (χ4n) is 1.67. The molecular weight excluding hydrogens is 178 g/mol. The van der Waals surface area contributed by atoms with E-state index in [9.17, 15) is 5.11 Å². The van der Waals surface area contributed by atoms with Crippen molar-refractivity contribution in [3.63, 3.8) is 0 Å². The second-order valence-corrected chi connectivity index (χ2v) is 3.52. The minimum absolute atomic E-state index is 0.192. The number of allylic oxidation sites excluding steroid dienone is 2. The van der Waals surface area contributed by atoms with Gasteiger partial charge >= 0.3 is 0 Å². The maximum Gasteiger partial charge on any atom is 0.141 e.